The van der Waals surface area contributed by atoms with Crippen molar-refractivity contribution < 1.29 is 0 Å². The maximum atomic E-state index is 5.30. The molecule has 12 heavy (non-hydrogen) atoms. The summed E-state index contributed by atoms with van der Waals surface area (Å²) < 4.78 is 0. The number of nitrogens with two attached hydrogens (primary N) is 1. The smallest absolute Gasteiger partial charge is 0.0106 e. The molecule has 0 fully saturated rings. The Hall–Kier alpha value is -0.820. The Morgan fingerprint density at radius 1 is 0.917 bits per heavy atom. The second-order valence-corrected chi connectivity index (χ2v) is 2.56. The molecule has 1 heteroatoms. The molecule has 0 unspecified atom stereocenters. The minimum Gasteiger partial charge on any atom is -0.327 e. The lowest BCUT2D eigenvalue weighted by Crippen LogP contribution is -1.91. The van der Waals surface area contributed by atoms with Gasteiger partial charge in [0.05, 0.1) is 0 Å². The van der Waals surface area contributed by atoms with Crippen LogP contribution in [0.2, 0.25) is 0 Å². The van der Waals surface area contributed by atoms with Crippen LogP contribution in [0, 0.1) is 0 Å². The highest BCUT2D eigenvalue weighted by Gasteiger charge is 1.75. The molecule has 0 aliphatic heterocycles. The summed E-state index contributed by atoms with van der Waals surface area (Å²) >= 11 is 0. The Bertz CT molecular complexity index is 154. The molecule has 1 nitrogen and oxygen atoms in total. The van der Waals surface area contributed by atoms with E-state index in [0.717, 1.165) is 19.3 Å². The predicted octanol–water partition coefficient (Wildman–Crippen LogP) is 2.80. The van der Waals surface area contributed by atoms with Gasteiger partial charge in [-0.05, 0) is 26.2 Å². The van der Waals surface area contributed by atoms with E-state index in [0.29, 0.717) is 6.54 Å². The molecule has 0 aliphatic rings. The van der Waals surface area contributed by atoms with Crippen LogP contribution in [-0.4, -0.2) is 6.54 Å². The van der Waals surface area contributed by atoms with E-state index < -0.39 is 0 Å². The van der Waals surface area contributed by atoms with Crippen LogP contribution in [0.25, 0.3) is 0 Å². The van der Waals surface area contributed by atoms with E-state index in [4.69, 9.17) is 5.73 Å². The van der Waals surface area contributed by atoms with E-state index in [1.165, 1.54) is 0 Å². The van der Waals surface area contributed by atoms with E-state index in [-0.39, 0.29) is 0 Å². The summed E-state index contributed by atoms with van der Waals surface area (Å²) in [6, 6.07) is 0. The van der Waals surface area contributed by atoms with Crippen LogP contribution in [-0.2, 0) is 0 Å². The second kappa shape index (κ2) is 10.2. The van der Waals surface area contributed by atoms with Crippen molar-refractivity contribution in [2.24, 2.45) is 5.73 Å². The summed E-state index contributed by atoms with van der Waals surface area (Å²) in [7, 11) is 0. The number of hydrogen-bond donors (Lipinski definition) is 1. The Balaban J connectivity index is 3.18. The van der Waals surface area contributed by atoms with Gasteiger partial charge >= 0.3 is 0 Å². The topological polar surface area (TPSA) is 26.0 Å². The van der Waals surface area contributed by atoms with E-state index in [1.807, 2.05) is 13.0 Å². The molecule has 0 aromatic rings. The van der Waals surface area contributed by atoms with Crippen LogP contribution in [0.5, 0.6) is 0 Å². The summed E-state index contributed by atoms with van der Waals surface area (Å²) in [4.78, 5) is 0. The molecule has 68 valence electrons. The van der Waals surface area contributed by atoms with E-state index >= 15 is 0 Å². The summed E-state index contributed by atoms with van der Waals surface area (Å²) in [5.41, 5.74) is 5.30. The van der Waals surface area contributed by atoms with Gasteiger partial charge in [-0.2, -0.15) is 0 Å². The molecule has 0 bridgehead atoms. The molecule has 0 rings (SSSR count). The SMILES string of the molecule is C/C=C\C/C=C\CC/C=C\CN. The minimum atomic E-state index is 0.655. The number of unbranched alkanes of at least 4 members (excludes halogenated alkanes) is 1. The fourth-order valence-corrected chi connectivity index (χ4v) is 0.835. The second-order valence-electron chi connectivity index (χ2n) is 2.56. The fourth-order valence-electron chi connectivity index (χ4n) is 0.835. The van der Waals surface area contributed by atoms with Crippen molar-refractivity contribution in [3.8, 4) is 0 Å². The predicted molar refractivity (Wildman–Crippen MR) is 56.0 cm³/mol. The molecular formula is C11H19N. The molecule has 0 amide bonds. The van der Waals surface area contributed by atoms with Crippen molar-refractivity contribution >= 4 is 0 Å². The zero-order chi connectivity index (χ0) is 9.07. The summed E-state index contributed by atoms with van der Waals surface area (Å²) in [6.07, 6.45) is 16.0. The van der Waals surface area contributed by atoms with Gasteiger partial charge in [0.25, 0.3) is 0 Å². The average Bonchev–Trinajstić information content (AvgIpc) is 2.10. The fraction of sp³-hybridized carbons (Fsp3) is 0.455. The van der Waals surface area contributed by atoms with E-state index in [9.17, 15) is 0 Å². The van der Waals surface area contributed by atoms with Crippen LogP contribution in [0.3, 0.4) is 0 Å². The highest BCUT2D eigenvalue weighted by atomic mass is 14.5. The van der Waals surface area contributed by atoms with Gasteiger partial charge in [0, 0.05) is 6.54 Å². The first-order valence-electron chi connectivity index (χ1n) is 4.53. The molecule has 0 aromatic carbocycles. The van der Waals surface area contributed by atoms with Gasteiger partial charge in [-0.1, -0.05) is 36.5 Å². The van der Waals surface area contributed by atoms with Gasteiger partial charge in [-0.15, -0.1) is 0 Å². The molecule has 0 spiro atoms. The third-order valence-corrected chi connectivity index (χ3v) is 1.48. The molecule has 0 saturated heterocycles. The summed E-state index contributed by atoms with van der Waals surface area (Å²) in [5, 5.41) is 0. The zero-order valence-electron chi connectivity index (χ0n) is 7.87. The lowest BCUT2D eigenvalue weighted by atomic mass is 10.2. The number of allylic oxidation sites excluding steroid dienone is 5. The van der Waals surface area contributed by atoms with Crippen LogP contribution in [0.1, 0.15) is 26.2 Å². The van der Waals surface area contributed by atoms with Gasteiger partial charge in [-0.3, -0.25) is 0 Å². The Morgan fingerprint density at radius 3 is 2.17 bits per heavy atom. The van der Waals surface area contributed by atoms with Crippen molar-refractivity contribution in [2.75, 3.05) is 6.54 Å². The Morgan fingerprint density at radius 2 is 1.58 bits per heavy atom. The molecule has 2 N–H and O–H groups in total. The first-order valence-corrected chi connectivity index (χ1v) is 4.53. The largest absolute Gasteiger partial charge is 0.327 e. The monoisotopic (exact) mass is 165 g/mol. The van der Waals surface area contributed by atoms with Gasteiger partial charge in [0.2, 0.25) is 0 Å². The van der Waals surface area contributed by atoms with Crippen LogP contribution in [0.15, 0.2) is 36.5 Å². The molecule has 0 aromatic heterocycles. The standard InChI is InChI=1S/C11H19N/c1-2-3-4-5-6-7-8-9-10-11-12/h2-3,5-6,9-10H,4,7-8,11-12H2,1H3/b3-2-,6-5-,10-9-. The van der Waals surface area contributed by atoms with E-state index in [1.54, 1.807) is 0 Å². The molecule has 0 radical (unpaired) electrons. The van der Waals surface area contributed by atoms with Crippen LogP contribution < -0.4 is 5.73 Å². The van der Waals surface area contributed by atoms with Crippen molar-refractivity contribution in [1.29, 1.82) is 0 Å². The normalized spacial score (nSPS) is 12.5. The van der Waals surface area contributed by atoms with Crippen molar-refractivity contribution in [3.05, 3.63) is 36.5 Å². The average molecular weight is 165 g/mol. The minimum absolute atomic E-state index is 0.655. The van der Waals surface area contributed by atoms with Crippen molar-refractivity contribution in [3.63, 3.8) is 0 Å². The highest BCUT2D eigenvalue weighted by Crippen LogP contribution is 1.94. The lowest BCUT2D eigenvalue weighted by Gasteiger charge is -1.85. The highest BCUT2D eigenvalue weighted by molar-refractivity contribution is 4.93. The Kier molecular flexibility index (Phi) is 9.48. The van der Waals surface area contributed by atoms with Crippen LogP contribution >= 0.6 is 0 Å². The third kappa shape index (κ3) is 9.18. The number of hydrogen-bond acceptors (Lipinski definition) is 1. The van der Waals surface area contributed by atoms with Crippen molar-refractivity contribution in [2.45, 2.75) is 26.2 Å². The van der Waals surface area contributed by atoms with Gasteiger partial charge < -0.3 is 5.73 Å². The van der Waals surface area contributed by atoms with Crippen molar-refractivity contribution in [1.82, 2.24) is 0 Å². The summed E-state index contributed by atoms with van der Waals surface area (Å²) in [5.74, 6) is 0. The summed E-state index contributed by atoms with van der Waals surface area (Å²) in [6.45, 7) is 2.69. The lowest BCUT2D eigenvalue weighted by molar-refractivity contribution is 1.03. The Labute approximate surface area is 75.7 Å². The first kappa shape index (κ1) is 11.2. The zero-order valence-corrected chi connectivity index (χ0v) is 7.87. The van der Waals surface area contributed by atoms with Gasteiger partial charge in [-0.25, -0.2) is 0 Å². The maximum absolute atomic E-state index is 5.30. The van der Waals surface area contributed by atoms with Gasteiger partial charge in [0.1, 0.15) is 0 Å². The quantitative estimate of drug-likeness (QED) is 0.475. The van der Waals surface area contributed by atoms with E-state index in [2.05, 4.69) is 30.4 Å². The molecule has 0 heterocycles. The maximum Gasteiger partial charge on any atom is 0.0106 e. The van der Waals surface area contributed by atoms with Crippen LogP contribution in [0.4, 0.5) is 0 Å². The first-order chi connectivity index (χ1) is 5.91. The third-order valence-electron chi connectivity index (χ3n) is 1.48. The molecule has 0 aliphatic carbocycles. The number of rotatable bonds is 6. The molecular weight excluding hydrogens is 146 g/mol. The molecule has 0 atom stereocenters. The van der Waals surface area contributed by atoms with Gasteiger partial charge in [0.15, 0.2) is 0 Å². The molecule has 0 saturated carbocycles.